The zero-order valence-corrected chi connectivity index (χ0v) is 18.5. The first-order chi connectivity index (χ1) is 15.2. The molecule has 3 aromatic rings. The van der Waals surface area contributed by atoms with Crippen molar-refractivity contribution in [2.45, 2.75) is 13.0 Å². The van der Waals surface area contributed by atoms with Crippen molar-refractivity contribution >= 4 is 45.7 Å². The number of hydrogen-bond acceptors (Lipinski definition) is 4. The van der Waals surface area contributed by atoms with Crippen LogP contribution in [0, 0.1) is 18.6 Å². The van der Waals surface area contributed by atoms with E-state index in [1.54, 1.807) is 37.3 Å². The topological polar surface area (TPSA) is 87.3 Å². The summed E-state index contributed by atoms with van der Waals surface area (Å²) in [5.74, 6) is -3.85. The van der Waals surface area contributed by atoms with Gasteiger partial charge in [0.15, 0.2) is 11.6 Å². The minimum atomic E-state index is -1.25. The minimum Gasteiger partial charge on any atom is -0.357 e. The summed E-state index contributed by atoms with van der Waals surface area (Å²) in [6.07, 6.45) is 0. The van der Waals surface area contributed by atoms with E-state index >= 15 is 0 Å². The summed E-state index contributed by atoms with van der Waals surface area (Å²) >= 11 is 7.05. The summed E-state index contributed by atoms with van der Waals surface area (Å²) in [5.41, 5.74) is 0.921. The number of hydrogen-bond donors (Lipinski definition) is 3. The lowest BCUT2D eigenvalue weighted by Gasteiger charge is -2.17. The van der Waals surface area contributed by atoms with Gasteiger partial charge >= 0.3 is 0 Å². The van der Waals surface area contributed by atoms with Crippen LogP contribution in [0.2, 0.25) is 5.02 Å². The van der Waals surface area contributed by atoms with Gasteiger partial charge in [0.05, 0.1) is 20.5 Å². The number of halogens is 3. The molecule has 3 rings (SSSR count). The van der Waals surface area contributed by atoms with E-state index in [2.05, 4.69) is 16.0 Å². The van der Waals surface area contributed by atoms with Crippen molar-refractivity contribution in [2.24, 2.45) is 0 Å². The predicted octanol–water partition coefficient (Wildman–Crippen LogP) is 4.46. The van der Waals surface area contributed by atoms with E-state index in [0.29, 0.717) is 10.6 Å². The van der Waals surface area contributed by atoms with Crippen molar-refractivity contribution in [3.05, 3.63) is 86.8 Å². The van der Waals surface area contributed by atoms with Gasteiger partial charge in [-0.3, -0.25) is 14.4 Å². The highest BCUT2D eigenvalue weighted by Gasteiger charge is 2.25. The number of anilines is 1. The quantitative estimate of drug-likeness (QED) is 0.490. The second-order valence-corrected chi connectivity index (χ2v) is 8.21. The van der Waals surface area contributed by atoms with Crippen LogP contribution >= 0.6 is 22.9 Å². The molecule has 3 N–H and O–H groups in total. The highest BCUT2D eigenvalue weighted by atomic mass is 35.5. The predicted molar refractivity (Wildman–Crippen MR) is 119 cm³/mol. The number of aryl methyl sites for hydroxylation is 1. The third-order valence-corrected chi connectivity index (χ3v) is 6.02. The Balaban J connectivity index is 1.81. The Hall–Kier alpha value is -3.30. The van der Waals surface area contributed by atoms with Crippen molar-refractivity contribution in [2.75, 3.05) is 12.4 Å². The van der Waals surface area contributed by atoms with Gasteiger partial charge in [0.2, 0.25) is 5.91 Å². The molecule has 0 radical (unpaired) electrons. The molecule has 166 valence electrons. The summed E-state index contributed by atoms with van der Waals surface area (Å²) in [7, 11) is 1.36. The molecule has 0 bridgehead atoms. The zero-order chi connectivity index (χ0) is 23.4. The molecule has 1 unspecified atom stereocenters. The first-order valence-electron chi connectivity index (χ1n) is 9.35. The molecule has 0 aliphatic carbocycles. The fourth-order valence-electron chi connectivity index (χ4n) is 2.93. The van der Waals surface area contributed by atoms with E-state index < -0.39 is 35.4 Å². The molecule has 6 nitrogen and oxygen atoms in total. The maximum absolute atomic E-state index is 13.7. The first-order valence-corrected chi connectivity index (χ1v) is 10.5. The highest BCUT2D eigenvalue weighted by Crippen LogP contribution is 2.29. The van der Waals surface area contributed by atoms with Crippen LogP contribution in [-0.4, -0.2) is 24.8 Å². The number of rotatable bonds is 6. The van der Waals surface area contributed by atoms with E-state index in [9.17, 15) is 23.2 Å². The zero-order valence-electron chi connectivity index (χ0n) is 17.0. The lowest BCUT2D eigenvalue weighted by atomic mass is 10.1. The van der Waals surface area contributed by atoms with Gasteiger partial charge in [-0.1, -0.05) is 29.8 Å². The smallest absolute Gasteiger partial charge is 0.262 e. The second kappa shape index (κ2) is 9.88. The Morgan fingerprint density at radius 1 is 1.00 bits per heavy atom. The molecule has 10 heteroatoms. The standard InChI is InChI=1S/C22H18ClF2N3O3S/c1-11-9-17(27-20(29)13-5-3-4-6-14(13)23)32-19(11)22(31)28-18(21(30)26-2)12-7-8-15(24)16(25)10-12/h3-10,18H,1-2H3,(H,26,30)(H,27,29)(H,28,31). The third-order valence-electron chi connectivity index (χ3n) is 4.54. The summed E-state index contributed by atoms with van der Waals surface area (Å²) in [4.78, 5) is 37.9. The van der Waals surface area contributed by atoms with E-state index in [1.807, 2.05) is 0 Å². The Kier molecular flexibility index (Phi) is 7.22. The Labute approximate surface area is 191 Å². The average molecular weight is 478 g/mol. The molecule has 1 heterocycles. The molecule has 0 aliphatic rings. The van der Waals surface area contributed by atoms with Crippen LogP contribution in [0.1, 0.15) is 37.2 Å². The van der Waals surface area contributed by atoms with Crippen LogP contribution in [0.4, 0.5) is 13.8 Å². The Morgan fingerprint density at radius 3 is 2.38 bits per heavy atom. The molecule has 0 fully saturated rings. The molecule has 2 aromatic carbocycles. The van der Waals surface area contributed by atoms with Crippen molar-refractivity contribution < 1.29 is 23.2 Å². The van der Waals surface area contributed by atoms with Crippen LogP contribution in [0.25, 0.3) is 0 Å². The molecule has 0 saturated carbocycles. The van der Waals surface area contributed by atoms with Gasteiger partial charge in [0, 0.05) is 7.05 Å². The van der Waals surface area contributed by atoms with Crippen LogP contribution in [0.15, 0.2) is 48.5 Å². The number of benzene rings is 2. The third kappa shape index (κ3) is 5.12. The van der Waals surface area contributed by atoms with Gasteiger partial charge in [-0.15, -0.1) is 11.3 Å². The number of carbonyl (C=O) groups excluding carboxylic acids is 3. The summed E-state index contributed by atoms with van der Waals surface area (Å²) in [6.45, 7) is 1.67. The van der Waals surface area contributed by atoms with Gasteiger partial charge in [0.25, 0.3) is 11.8 Å². The van der Waals surface area contributed by atoms with E-state index in [0.717, 1.165) is 23.5 Å². The molecule has 0 saturated heterocycles. The number of carbonyl (C=O) groups is 3. The van der Waals surface area contributed by atoms with Gasteiger partial charge in [-0.2, -0.15) is 0 Å². The van der Waals surface area contributed by atoms with Crippen LogP contribution in [0.3, 0.4) is 0 Å². The SMILES string of the molecule is CNC(=O)C(NC(=O)c1sc(NC(=O)c2ccccc2Cl)cc1C)c1ccc(F)c(F)c1. The van der Waals surface area contributed by atoms with Crippen LogP contribution in [0.5, 0.6) is 0 Å². The van der Waals surface area contributed by atoms with E-state index in [-0.39, 0.29) is 21.0 Å². The number of thiophene rings is 1. The molecule has 0 aliphatic heterocycles. The first kappa shape index (κ1) is 23.4. The summed E-state index contributed by atoms with van der Waals surface area (Å²) in [5, 5.41) is 8.30. The Bertz CT molecular complexity index is 1200. The summed E-state index contributed by atoms with van der Waals surface area (Å²) < 4.78 is 26.9. The lowest BCUT2D eigenvalue weighted by Crippen LogP contribution is -2.39. The molecular weight excluding hydrogens is 460 g/mol. The highest BCUT2D eigenvalue weighted by molar-refractivity contribution is 7.18. The second-order valence-electron chi connectivity index (χ2n) is 6.75. The van der Waals surface area contributed by atoms with Gasteiger partial charge in [-0.25, -0.2) is 8.78 Å². The number of likely N-dealkylation sites (N-methyl/N-ethyl adjacent to an activating group) is 1. The average Bonchev–Trinajstić information content (AvgIpc) is 3.13. The monoisotopic (exact) mass is 477 g/mol. The van der Waals surface area contributed by atoms with Gasteiger partial charge < -0.3 is 16.0 Å². The normalized spacial score (nSPS) is 11.5. The molecule has 3 amide bonds. The van der Waals surface area contributed by atoms with Crippen LogP contribution in [-0.2, 0) is 4.79 Å². The minimum absolute atomic E-state index is 0.0815. The van der Waals surface area contributed by atoms with Gasteiger partial charge in [-0.05, 0) is 48.4 Å². The number of amides is 3. The van der Waals surface area contributed by atoms with Crippen molar-refractivity contribution in [1.29, 1.82) is 0 Å². The van der Waals surface area contributed by atoms with Crippen molar-refractivity contribution in [3.8, 4) is 0 Å². The molecular formula is C22H18ClF2N3O3S. The molecule has 1 aromatic heterocycles. The number of nitrogens with one attached hydrogen (secondary N) is 3. The molecule has 1 atom stereocenters. The largest absolute Gasteiger partial charge is 0.357 e. The maximum Gasteiger partial charge on any atom is 0.262 e. The van der Waals surface area contributed by atoms with E-state index in [4.69, 9.17) is 11.6 Å². The van der Waals surface area contributed by atoms with E-state index in [1.165, 1.54) is 13.1 Å². The fourth-order valence-corrected chi connectivity index (χ4v) is 4.12. The van der Waals surface area contributed by atoms with Crippen molar-refractivity contribution in [1.82, 2.24) is 10.6 Å². The lowest BCUT2D eigenvalue weighted by molar-refractivity contribution is -0.122. The van der Waals surface area contributed by atoms with Crippen LogP contribution < -0.4 is 16.0 Å². The van der Waals surface area contributed by atoms with Gasteiger partial charge in [0.1, 0.15) is 6.04 Å². The Morgan fingerprint density at radius 2 is 1.72 bits per heavy atom. The molecule has 32 heavy (non-hydrogen) atoms. The van der Waals surface area contributed by atoms with Crippen molar-refractivity contribution in [3.63, 3.8) is 0 Å². The fraction of sp³-hybridized carbons (Fsp3) is 0.136. The maximum atomic E-state index is 13.7. The summed E-state index contributed by atoms with van der Waals surface area (Å²) in [6, 6.07) is 9.86. The molecule has 0 spiro atoms.